The minimum absolute atomic E-state index is 0.0367. The van der Waals surface area contributed by atoms with Gasteiger partial charge in [0.1, 0.15) is 10.6 Å². The van der Waals surface area contributed by atoms with Gasteiger partial charge in [-0.3, -0.25) is 4.79 Å². The molecule has 0 fully saturated rings. The monoisotopic (exact) mass is 357 g/mol. The minimum Gasteiger partial charge on any atom is -0.505 e. The predicted octanol–water partition coefficient (Wildman–Crippen LogP) is 3.50. The Kier molecular flexibility index (Phi) is 4.29. The number of nitrogens with one attached hydrogen (secondary N) is 1. The molecule has 1 aromatic carbocycles. The first-order valence-electron chi connectivity index (χ1n) is 5.84. The number of phenolic OH excluding ortho intramolecular Hbond substituents is 1. The minimum atomic E-state index is -0.520. The van der Waals surface area contributed by atoms with Crippen molar-refractivity contribution in [1.82, 2.24) is 0 Å². The van der Waals surface area contributed by atoms with Crippen molar-refractivity contribution in [1.29, 1.82) is 0 Å². The molecule has 2 N–H and O–H groups in total. The van der Waals surface area contributed by atoms with Crippen LogP contribution < -0.4 is 5.32 Å². The average Bonchev–Trinajstić information content (AvgIpc) is 2.73. The van der Waals surface area contributed by atoms with Crippen LogP contribution in [0.4, 0.5) is 5.69 Å². The Morgan fingerprint density at radius 1 is 1.45 bits per heavy atom. The van der Waals surface area contributed by atoms with Gasteiger partial charge >= 0.3 is 5.97 Å². The molecule has 0 aliphatic heterocycles. The second-order valence-electron chi connectivity index (χ2n) is 3.98. The Morgan fingerprint density at radius 2 is 2.15 bits per heavy atom. The molecule has 0 aliphatic rings. The normalized spacial score (nSPS) is 10.6. The summed E-state index contributed by atoms with van der Waals surface area (Å²) in [4.78, 5) is 23.5. The third-order valence-corrected chi connectivity index (χ3v) is 4.38. The summed E-state index contributed by atoms with van der Waals surface area (Å²) in [6.07, 6.45) is 0. The summed E-state index contributed by atoms with van der Waals surface area (Å²) < 4.78 is 6.02. The van der Waals surface area contributed by atoms with Gasteiger partial charge < -0.3 is 15.2 Å². The van der Waals surface area contributed by atoms with E-state index >= 15 is 0 Å². The van der Waals surface area contributed by atoms with Crippen molar-refractivity contribution in [2.75, 3.05) is 11.9 Å². The number of benzene rings is 1. The Balaban J connectivity index is 2.69. The number of rotatable bonds is 3. The van der Waals surface area contributed by atoms with Crippen molar-refractivity contribution < 1.29 is 19.4 Å². The molecular weight excluding hydrogens is 346 g/mol. The number of hydrogen-bond donors (Lipinski definition) is 2. The summed E-state index contributed by atoms with van der Waals surface area (Å²) in [5.74, 6) is -0.778. The van der Waals surface area contributed by atoms with Crippen LogP contribution in [0.15, 0.2) is 16.6 Å². The van der Waals surface area contributed by atoms with Gasteiger partial charge in [-0.15, -0.1) is 11.3 Å². The highest BCUT2D eigenvalue weighted by Crippen LogP contribution is 2.43. The lowest BCUT2D eigenvalue weighted by molar-refractivity contribution is -0.114. The van der Waals surface area contributed by atoms with Gasteiger partial charge in [-0.1, -0.05) is 6.07 Å². The Morgan fingerprint density at radius 3 is 2.75 bits per heavy atom. The van der Waals surface area contributed by atoms with Crippen molar-refractivity contribution in [3.8, 4) is 5.75 Å². The van der Waals surface area contributed by atoms with E-state index in [1.165, 1.54) is 6.92 Å². The van der Waals surface area contributed by atoms with Crippen LogP contribution in [0.3, 0.4) is 0 Å². The molecule has 20 heavy (non-hydrogen) atoms. The predicted molar refractivity (Wildman–Crippen MR) is 81.5 cm³/mol. The Hall–Kier alpha value is -1.60. The lowest BCUT2D eigenvalue weighted by atomic mass is 10.2. The van der Waals surface area contributed by atoms with Gasteiger partial charge in [0.25, 0.3) is 0 Å². The second-order valence-corrected chi connectivity index (χ2v) is 5.86. The van der Waals surface area contributed by atoms with Crippen LogP contribution in [0, 0.1) is 0 Å². The number of ether oxygens (including phenoxy) is 1. The molecule has 5 nitrogen and oxygen atoms in total. The van der Waals surface area contributed by atoms with E-state index in [1.54, 1.807) is 19.1 Å². The number of phenols is 1. The van der Waals surface area contributed by atoms with Crippen molar-refractivity contribution in [2.45, 2.75) is 13.8 Å². The quantitative estimate of drug-likeness (QED) is 0.824. The number of carbonyl (C=O) groups excluding carboxylic acids is 2. The van der Waals surface area contributed by atoms with Crippen LogP contribution in [-0.4, -0.2) is 23.6 Å². The molecule has 2 aromatic rings. The molecule has 0 spiro atoms. The first-order chi connectivity index (χ1) is 9.45. The number of halogens is 1. The molecule has 1 aromatic heterocycles. The molecule has 1 heterocycles. The van der Waals surface area contributed by atoms with E-state index in [0.29, 0.717) is 20.2 Å². The Labute approximate surface area is 127 Å². The smallest absolute Gasteiger partial charge is 0.350 e. The highest BCUT2D eigenvalue weighted by atomic mass is 79.9. The zero-order chi connectivity index (χ0) is 14.9. The second kappa shape index (κ2) is 5.80. The van der Waals surface area contributed by atoms with Crippen LogP contribution in [0.1, 0.15) is 23.5 Å². The maximum atomic E-state index is 12.0. The van der Waals surface area contributed by atoms with Crippen molar-refractivity contribution >= 4 is 54.9 Å². The van der Waals surface area contributed by atoms with Gasteiger partial charge in [-0.25, -0.2) is 4.79 Å². The van der Waals surface area contributed by atoms with E-state index in [1.807, 2.05) is 0 Å². The number of esters is 1. The topological polar surface area (TPSA) is 75.6 Å². The van der Waals surface area contributed by atoms with Gasteiger partial charge in [0.15, 0.2) is 0 Å². The van der Waals surface area contributed by atoms with Crippen molar-refractivity contribution in [3.05, 3.63) is 21.5 Å². The third kappa shape index (κ3) is 2.64. The van der Waals surface area contributed by atoms with Crippen LogP contribution in [0.2, 0.25) is 0 Å². The molecule has 2 rings (SSSR count). The summed E-state index contributed by atoms with van der Waals surface area (Å²) in [6, 6.07) is 3.38. The van der Waals surface area contributed by atoms with Gasteiger partial charge in [0.05, 0.1) is 21.5 Å². The first-order valence-corrected chi connectivity index (χ1v) is 7.45. The van der Waals surface area contributed by atoms with Gasteiger partial charge in [0.2, 0.25) is 5.91 Å². The van der Waals surface area contributed by atoms with Crippen molar-refractivity contribution in [2.24, 2.45) is 0 Å². The standard InChI is InChI=1S/C13H12BrNO4S/c1-3-19-13(18)12-9(15-6(2)16)7-4-5-8(14)10(17)11(7)20-12/h4-5,17H,3H2,1-2H3,(H,15,16). The molecule has 0 unspecified atom stereocenters. The fourth-order valence-corrected chi connectivity index (χ4v) is 3.32. The summed E-state index contributed by atoms with van der Waals surface area (Å²) >= 11 is 4.31. The molecule has 106 valence electrons. The third-order valence-electron chi connectivity index (χ3n) is 2.54. The van der Waals surface area contributed by atoms with Gasteiger partial charge in [-0.2, -0.15) is 0 Å². The summed E-state index contributed by atoms with van der Waals surface area (Å²) in [6.45, 7) is 3.30. The summed E-state index contributed by atoms with van der Waals surface area (Å²) in [7, 11) is 0. The summed E-state index contributed by atoms with van der Waals surface area (Å²) in [5, 5.41) is 13.3. The number of hydrogen-bond acceptors (Lipinski definition) is 5. The highest BCUT2D eigenvalue weighted by Gasteiger charge is 2.22. The average molecular weight is 358 g/mol. The zero-order valence-corrected chi connectivity index (χ0v) is 13.2. The van der Waals surface area contributed by atoms with Crippen molar-refractivity contribution in [3.63, 3.8) is 0 Å². The molecule has 1 amide bonds. The highest BCUT2D eigenvalue weighted by molar-refractivity contribution is 9.10. The molecule has 0 bridgehead atoms. The van der Waals surface area contributed by atoms with Crippen LogP contribution in [0.5, 0.6) is 5.75 Å². The number of thiophene rings is 1. The lowest BCUT2D eigenvalue weighted by Gasteiger charge is -2.05. The zero-order valence-electron chi connectivity index (χ0n) is 10.8. The number of aromatic hydroxyl groups is 1. The Bertz CT molecular complexity index is 695. The molecule has 7 heteroatoms. The largest absolute Gasteiger partial charge is 0.505 e. The molecule has 0 saturated carbocycles. The molecule has 0 saturated heterocycles. The SMILES string of the molecule is CCOC(=O)c1sc2c(O)c(Br)ccc2c1NC(C)=O. The fourth-order valence-electron chi connectivity index (χ4n) is 1.76. The number of fused-ring (bicyclic) bond motifs is 1. The van der Waals surface area contributed by atoms with E-state index in [2.05, 4.69) is 21.2 Å². The van der Waals surface area contributed by atoms with E-state index in [-0.39, 0.29) is 23.1 Å². The van der Waals surface area contributed by atoms with Gasteiger partial charge in [-0.05, 0) is 28.9 Å². The maximum Gasteiger partial charge on any atom is 0.350 e. The summed E-state index contributed by atoms with van der Waals surface area (Å²) in [5.41, 5.74) is 0.374. The van der Waals surface area contributed by atoms with E-state index in [9.17, 15) is 14.7 Å². The number of amides is 1. The van der Waals surface area contributed by atoms with Gasteiger partial charge in [0, 0.05) is 12.3 Å². The maximum absolute atomic E-state index is 12.0. The molecular formula is C13H12BrNO4S. The number of anilines is 1. The molecule has 0 aliphatic carbocycles. The number of carbonyl (C=O) groups is 2. The van der Waals surface area contributed by atoms with Crippen LogP contribution in [0.25, 0.3) is 10.1 Å². The molecule has 0 atom stereocenters. The van der Waals surface area contributed by atoms with E-state index in [4.69, 9.17) is 4.74 Å². The lowest BCUT2D eigenvalue weighted by Crippen LogP contribution is -2.10. The fraction of sp³-hybridized carbons (Fsp3) is 0.231. The molecule has 0 radical (unpaired) electrons. The van der Waals surface area contributed by atoms with E-state index < -0.39 is 5.97 Å². The van der Waals surface area contributed by atoms with Crippen LogP contribution in [-0.2, 0) is 9.53 Å². The van der Waals surface area contributed by atoms with E-state index in [0.717, 1.165) is 11.3 Å². The first kappa shape index (κ1) is 14.8. The van der Waals surface area contributed by atoms with Crippen LogP contribution >= 0.6 is 27.3 Å².